The van der Waals surface area contributed by atoms with Crippen LogP contribution in [-0.4, -0.2) is 24.0 Å². The highest BCUT2D eigenvalue weighted by Gasteiger charge is 2.21. The minimum absolute atomic E-state index is 0.0594. The molecule has 0 saturated carbocycles. The van der Waals surface area contributed by atoms with Crippen molar-refractivity contribution in [1.29, 1.82) is 0 Å². The van der Waals surface area contributed by atoms with Crippen LogP contribution in [0, 0.1) is 19.5 Å². The predicted octanol–water partition coefficient (Wildman–Crippen LogP) is 2.31. The summed E-state index contributed by atoms with van der Waals surface area (Å²) in [6.07, 6.45) is 0. The van der Waals surface area contributed by atoms with Gasteiger partial charge in [0.15, 0.2) is 0 Å². The molecular weight excluding hydrogens is 358 g/mol. The normalized spacial score (nSPS) is 11.8. The number of benzene rings is 1. The first-order chi connectivity index (χ1) is 8.36. The van der Waals surface area contributed by atoms with Crippen LogP contribution in [0.2, 0.25) is 0 Å². The Morgan fingerprint density at radius 1 is 1.61 bits per heavy atom. The number of esters is 1. The lowest BCUT2D eigenvalue weighted by Gasteiger charge is -2.13. The molecule has 0 aliphatic rings. The maximum atomic E-state index is 13.4. The second-order valence-electron chi connectivity index (χ2n) is 3.43. The third-order valence-electron chi connectivity index (χ3n) is 2.16. The van der Waals surface area contributed by atoms with Crippen molar-refractivity contribution < 1.29 is 18.8 Å². The lowest BCUT2D eigenvalue weighted by molar-refractivity contribution is -0.384. The summed E-state index contributed by atoms with van der Waals surface area (Å²) in [5.74, 6) is -1.19. The molecule has 0 aromatic heterocycles. The Morgan fingerprint density at radius 2 is 2.22 bits per heavy atom. The molecule has 1 aromatic carbocycles. The molecule has 0 heterocycles. The summed E-state index contributed by atoms with van der Waals surface area (Å²) in [6.45, 7) is 1.46. The average Bonchev–Trinajstić information content (AvgIpc) is 2.31. The Labute approximate surface area is 116 Å². The monoisotopic (exact) mass is 368 g/mol. The van der Waals surface area contributed by atoms with E-state index in [0.717, 1.165) is 12.1 Å². The number of nitrogens with one attached hydrogen (secondary N) is 1. The molecule has 0 aliphatic carbocycles. The number of hydrogen-bond acceptors (Lipinski definition) is 5. The molecule has 98 valence electrons. The molecule has 1 aromatic rings. The zero-order valence-electron chi connectivity index (χ0n) is 9.57. The zero-order chi connectivity index (χ0) is 13.9. The van der Waals surface area contributed by atoms with E-state index in [-0.39, 0.29) is 14.9 Å². The van der Waals surface area contributed by atoms with Crippen LogP contribution in [0.5, 0.6) is 0 Å². The van der Waals surface area contributed by atoms with Gasteiger partial charge in [-0.3, -0.25) is 10.1 Å². The van der Waals surface area contributed by atoms with Crippen molar-refractivity contribution in [2.75, 3.05) is 12.4 Å². The van der Waals surface area contributed by atoms with Crippen molar-refractivity contribution >= 4 is 39.9 Å². The second kappa shape index (κ2) is 5.94. The van der Waals surface area contributed by atoms with Crippen LogP contribution < -0.4 is 5.32 Å². The molecule has 1 N–H and O–H groups in total. The summed E-state index contributed by atoms with van der Waals surface area (Å²) in [5, 5.41) is 13.4. The number of carbonyl (C=O) groups excluding carboxylic acids is 1. The van der Waals surface area contributed by atoms with E-state index >= 15 is 0 Å². The number of carbonyl (C=O) groups is 1. The van der Waals surface area contributed by atoms with Crippen LogP contribution in [0.25, 0.3) is 0 Å². The van der Waals surface area contributed by atoms with Gasteiger partial charge in [0.25, 0.3) is 5.69 Å². The molecule has 0 fully saturated rings. The van der Waals surface area contributed by atoms with Gasteiger partial charge in [0.05, 0.1) is 15.6 Å². The largest absolute Gasteiger partial charge is 0.467 e. The van der Waals surface area contributed by atoms with Gasteiger partial charge in [0, 0.05) is 12.1 Å². The highest BCUT2D eigenvalue weighted by Crippen LogP contribution is 2.29. The van der Waals surface area contributed by atoms with Crippen molar-refractivity contribution in [1.82, 2.24) is 0 Å². The molecule has 0 bridgehead atoms. The Balaban J connectivity index is 3.11. The van der Waals surface area contributed by atoms with Crippen LogP contribution in [0.3, 0.4) is 0 Å². The summed E-state index contributed by atoms with van der Waals surface area (Å²) >= 11 is 1.66. The van der Waals surface area contributed by atoms with Gasteiger partial charge in [0.2, 0.25) is 0 Å². The molecule has 0 aliphatic heterocycles. The number of anilines is 1. The van der Waals surface area contributed by atoms with Crippen LogP contribution >= 0.6 is 22.6 Å². The Bertz CT molecular complexity index is 495. The Kier molecular flexibility index (Phi) is 4.82. The Morgan fingerprint density at radius 3 is 2.72 bits per heavy atom. The topological polar surface area (TPSA) is 81.5 Å². The van der Waals surface area contributed by atoms with Gasteiger partial charge in [-0.25, -0.2) is 9.18 Å². The van der Waals surface area contributed by atoms with E-state index in [1.54, 1.807) is 22.6 Å². The summed E-state index contributed by atoms with van der Waals surface area (Å²) in [5.41, 5.74) is -0.354. The number of halogens is 2. The molecule has 0 radical (unpaired) electrons. The molecule has 0 amide bonds. The van der Waals surface area contributed by atoms with E-state index < -0.39 is 22.8 Å². The van der Waals surface area contributed by atoms with Crippen molar-refractivity contribution in [3.63, 3.8) is 0 Å². The van der Waals surface area contributed by atoms with Gasteiger partial charge in [-0.1, -0.05) is 0 Å². The van der Waals surface area contributed by atoms with Crippen molar-refractivity contribution in [2.45, 2.75) is 13.0 Å². The third kappa shape index (κ3) is 3.28. The first kappa shape index (κ1) is 14.6. The molecule has 1 rings (SSSR count). The quantitative estimate of drug-likeness (QED) is 0.382. The molecule has 1 unspecified atom stereocenters. The smallest absolute Gasteiger partial charge is 0.327 e. The first-order valence-corrected chi connectivity index (χ1v) is 5.92. The minimum atomic E-state index is -0.812. The molecule has 6 nitrogen and oxygen atoms in total. The van der Waals surface area contributed by atoms with Crippen LogP contribution in [0.4, 0.5) is 15.8 Å². The fourth-order valence-electron chi connectivity index (χ4n) is 1.27. The van der Waals surface area contributed by atoms with Gasteiger partial charge in [0.1, 0.15) is 17.5 Å². The molecule has 0 saturated heterocycles. The number of nitro groups is 1. The van der Waals surface area contributed by atoms with Crippen molar-refractivity contribution in [3.05, 3.63) is 31.6 Å². The van der Waals surface area contributed by atoms with Gasteiger partial charge in [-0.2, -0.15) is 0 Å². The summed E-state index contributed by atoms with van der Waals surface area (Å²) in [4.78, 5) is 21.4. The number of ether oxygens (including phenoxy) is 1. The second-order valence-corrected chi connectivity index (χ2v) is 4.59. The average molecular weight is 368 g/mol. The SMILES string of the molecule is COC(=O)C(C)Nc1cc(F)c(I)cc1[N+](=O)[O-]. The number of methoxy groups -OCH3 is 1. The van der Waals surface area contributed by atoms with Crippen LogP contribution in [0.15, 0.2) is 12.1 Å². The molecular formula is C10H10FIN2O4. The summed E-state index contributed by atoms with van der Waals surface area (Å²) in [6, 6.07) is 1.27. The predicted molar refractivity (Wildman–Crippen MR) is 70.9 cm³/mol. The van der Waals surface area contributed by atoms with Gasteiger partial charge in [-0.15, -0.1) is 0 Å². The lowest BCUT2D eigenvalue weighted by atomic mass is 10.2. The molecule has 1 atom stereocenters. The van der Waals surface area contributed by atoms with Gasteiger partial charge < -0.3 is 10.1 Å². The summed E-state index contributed by atoms with van der Waals surface area (Å²) in [7, 11) is 1.20. The van der Waals surface area contributed by atoms with Gasteiger partial charge >= 0.3 is 5.97 Å². The Hall–Kier alpha value is -1.45. The molecule has 8 heteroatoms. The lowest BCUT2D eigenvalue weighted by Crippen LogP contribution is -2.27. The fraction of sp³-hybridized carbons (Fsp3) is 0.300. The highest BCUT2D eigenvalue weighted by atomic mass is 127. The van der Waals surface area contributed by atoms with E-state index in [2.05, 4.69) is 10.1 Å². The summed E-state index contributed by atoms with van der Waals surface area (Å²) < 4.78 is 18.0. The van der Waals surface area contributed by atoms with Crippen molar-refractivity contribution in [3.8, 4) is 0 Å². The standard InChI is InChI=1S/C10H10FIN2O4/c1-5(10(15)18-2)13-8-3-6(11)7(12)4-9(8)14(16)17/h3-5,13H,1-2H3. The van der Waals surface area contributed by atoms with E-state index in [1.807, 2.05) is 0 Å². The minimum Gasteiger partial charge on any atom is -0.467 e. The fourth-order valence-corrected chi connectivity index (χ4v) is 1.72. The zero-order valence-corrected chi connectivity index (χ0v) is 11.7. The maximum absolute atomic E-state index is 13.4. The van der Waals surface area contributed by atoms with E-state index in [4.69, 9.17) is 0 Å². The molecule has 0 spiro atoms. The number of rotatable bonds is 4. The van der Waals surface area contributed by atoms with E-state index in [0.29, 0.717) is 0 Å². The third-order valence-corrected chi connectivity index (χ3v) is 2.99. The van der Waals surface area contributed by atoms with Crippen LogP contribution in [-0.2, 0) is 9.53 Å². The highest BCUT2D eigenvalue weighted by molar-refractivity contribution is 14.1. The number of nitrogens with zero attached hydrogens (tertiary/aromatic N) is 1. The first-order valence-electron chi connectivity index (χ1n) is 4.84. The van der Waals surface area contributed by atoms with E-state index in [9.17, 15) is 19.3 Å². The van der Waals surface area contributed by atoms with E-state index in [1.165, 1.54) is 14.0 Å². The number of hydrogen-bond donors (Lipinski definition) is 1. The molecule has 18 heavy (non-hydrogen) atoms. The maximum Gasteiger partial charge on any atom is 0.327 e. The number of nitro benzene ring substituents is 1. The van der Waals surface area contributed by atoms with Gasteiger partial charge in [-0.05, 0) is 29.5 Å². The van der Waals surface area contributed by atoms with Crippen molar-refractivity contribution in [2.24, 2.45) is 0 Å². The van der Waals surface area contributed by atoms with Crippen LogP contribution in [0.1, 0.15) is 6.92 Å².